The summed E-state index contributed by atoms with van der Waals surface area (Å²) in [5, 5.41) is 2.73. The van der Waals surface area contributed by atoms with E-state index < -0.39 is 10.0 Å². The first-order valence-corrected chi connectivity index (χ1v) is 6.64. The number of hydrogen-bond donors (Lipinski definition) is 2. The molecule has 9 heteroatoms. The van der Waals surface area contributed by atoms with Gasteiger partial charge in [-0.2, -0.15) is 0 Å². The number of hydrogen-bond acceptors (Lipinski definition) is 6. The highest BCUT2D eigenvalue weighted by molar-refractivity contribution is 7.89. The molecule has 0 spiro atoms. The monoisotopic (exact) mass is 278 g/mol. The number of aldehydes is 1. The van der Waals surface area contributed by atoms with E-state index in [1.165, 1.54) is 13.4 Å². The molecule has 1 heterocycles. The maximum absolute atomic E-state index is 11.1. The lowest BCUT2D eigenvalue weighted by molar-refractivity contribution is 0.112. The molecule has 0 aromatic carbocycles. The Morgan fingerprint density at radius 1 is 1.47 bits per heavy atom. The van der Waals surface area contributed by atoms with Gasteiger partial charge >= 0.3 is 0 Å². The van der Waals surface area contributed by atoms with E-state index in [2.05, 4.69) is 20.0 Å². The third-order valence-electron chi connectivity index (χ3n) is 1.93. The van der Waals surface area contributed by atoms with Gasteiger partial charge in [0.1, 0.15) is 17.3 Å². The number of nitrogens with one attached hydrogen (secondary N) is 2. The number of nitrogens with zero attached hydrogens (tertiary/aromatic N) is 2. The van der Waals surface area contributed by atoms with Gasteiger partial charge in [-0.15, -0.1) is 0 Å². The fourth-order valence-electron chi connectivity index (χ4n) is 1.03. The Labute approximate surface area is 104 Å². The van der Waals surface area contributed by atoms with Crippen LogP contribution in [0.2, 0.25) is 5.15 Å². The van der Waals surface area contributed by atoms with Crippen molar-refractivity contribution >= 4 is 33.7 Å². The lowest BCUT2D eigenvalue weighted by atomic mass is 10.3. The van der Waals surface area contributed by atoms with Crippen LogP contribution >= 0.6 is 11.6 Å². The standard InChI is InChI=1S/C8H11ClN4O3S/c1-10-17(15,16)3-2-11-8-6(4-14)7(9)12-5-13-8/h4-5,10H,2-3H2,1H3,(H,11,12,13). The molecule has 0 aliphatic rings. The third kappa shape index (κ3) is 3.91. The van der Waals surface area contributed by atoms with Gasteiger partial charge in [-0.25, -0.2) is 23.1 Å². The zero-order valence-corrected chi connectivity index (χ0v) is 10.5. The molecule has 17 heavy (non-hydrogen) atoms. The molecule has 0 aliphatic heterocycles. The Bertz CT molecular complexity index is 505. The molecular weight excluding hydrogens is 268 g/mol. The van der Waals surface area contributed by atoms with Crippen LogP contribution in [0.4, 0.5) is 5.82 Å². The van der Waals surface area contributed by atoms with Crippen molar-refractivity contribution in [1.82, 2.24) is 14.7 Å². The summed E-state index contributed by atoms with van der Waals surface area (Å²) in [6, 6.07) is 0. The van der Waals surface area contributed by atoms with Crippen molar-refractivity contribution in [2.45, 2.75) is 0 Å². The number of carbonyl (C=O) groups excluding carboxylic acids is 1. The maximum Gasteiger partial charge on any atom is 0.213 e. The minimum atomic E-state index is -3.30. The van der Waals surface area contributed by atoms with Gasteiger partial charge in [0, 0.05) is 6.54 Å². The number of carbonyl (C=O) groups is 1. The molecule has 7 nitrogen and oxygen atoms in total. The van der Waals surface area contributed by atoms with Gasteiger partial charge < -0.3 is 5.32 Å². The van der Waals surface area contributed by atoms with Crippen molar-refractivity contribution in [3.8, 4) is 0 Å². The molecule has 0 amide bonds. The maximum atomic E-state index is 11.1. The van der Waals surface area contributed by atoms with Crippen LogP contribution < -0.4 is 10.0 Å². The smallest absolute Gasteiger partial charge is 0.213 e. The minimum Gasteiger partial charge on any atom is -0.368 e. The fourth-order valence-corrected chi connectivity index (χ4v) is 1.78. The van der Waals surface area contributed by atoms with Gasteiger partial charge in [0.05, 0.1) is 11.3 Å². The summed E-state index contributed by atoms with van der Waals surface area (Å²) in [5.74, 6) is 0.0787. The SMILES string of the molecule is CNS(=O)(=O)CCNc1ncnc(Cl)c1C=O. The van der Waals surface area contributed by atoms with E-state index in [4.69, 9.17) is 11.6 Å². The van der Waals surface area contributed by atoms with Gasteiger partial charge in [0.15, 0.2) is 6.29 Å². The number of sulfonamides is 1. The fraction of sp³-hybridized carbons (Fsp3) is 0.375. The lowest BCUT2D eigenvalue weighted by Gasteiger charge is -2.07. The van der Waals surface area contributed by atoms with Crippen LogP contribution in [0.15, 0.2) is 6.33 Å². The topological polar surface area (TPSA) is 101 Å². The van der Waals surface area contributed by atoms with Crippen LogP contribution in [0, 0.1) is 0 Å². The molecule has 0 radical (unpaired) electrons. The van der Waals surface area contributed by atoms with E-state index >= 15 is 0 Å². The summed E-state index contributed by atoms with van der Waals surface area (Å²) in [6.07, 6.45) is 1.70. The van der Waals surface area contributed by atoms with E-state index in [1.807, 2.05) is 0 Å². The van der Waals surface area contributed by atoms with Crippen LogP contribution in [0.1, 0.15) is 10.4 Å². The zero-order valence-electron chi connectivity index (χ0n) is 8.97. The van der Waals surface area contributed by atoms with E-state index in [0.717, 1.165) is 0 Å². The molecule has 0 atom stereocenters. The first-order valence-electron chi connectivity index (χ1n) is 4.61. The third-order valence-corrected chi connectivity index (χ3v) is 3.59. The molecule has 1 aromatic heterocycles. The quantitative estimate of drug-likeness (QED) is 0.557. The second-order valence-corrected chi connectivity index (χ2v) is 5.40. The van der Waals surface area contributed by atoms with Crippen molar-refractivity contribution in [2.75, 3.05) is 24.7 Å². The normalized spacial score (nSPS) is 11.2. The van der Waals surface area contributed by atoms with Crippen molar-refractivity contribution in [2.24, 2.45) is 0 Å². The lowest BCUT2D eigenvalue weighted by Crippen LogP contribution is -2.26. The Kier molecular flexibility index (Phi) is 4.79. The number of aromatic nitrogens is 2. The highest BCUT2D eigenvalue weighted by Gasteiger charge is 2.10. The predicted octanol–water partition coefficient (Wildman–Crippen LogP) is -0.0964. The Morgan fingerprint density at radius 2 is 2.18 bits per heavy atom. The first kappa shape index (κ1) is 13.8. The molecule has 94 valence electrons. The molecule has 1 rings (SSSR count). The summed E-state index contributed by atoms with van der Waals surface area (Å²) in [4.78, 5) is 18.2. The summed E-state index contributed by atoms with van der Waals surface area (Å²) in [5.41, 5.74) is 0.107. The van der Waals surface area contributed by atoms with E-state index in [-0.39, 0.29) is 28.8 Å². The molecule has 1 aromatic rings. The Morgan fingerprint density at radius 3 is 2.76 bits per heavy atom. The van der Waals surface area contributed by atoms with Gasteiger partial charge in [0.25, 0.3) is 0 Å². The van der Waals surface area contributed by atoms with E-state index in [0.29, 0.717) is 6.29 Å². The molecular formula is C8H11ClN4O3S. The molecule has 0 aliphatic carbocycles. The van der Waals surface area contributed by atoms with Gasteiger partial charge in [-0.1, -0.05) is 11.6 Å². The molecule has 0 saturated carbocycles. The average Bonchev–Trinajstić information content (AvgIpc) is 2.29. The minimum absolute atomic E-state index is 0.0222. The van der Waals surface area contributed by atoms with E-state index in [9.17, 15) is 13.2 Å². The Hall–Kier alpha value is -1.25. The second kappa shape index (κ2) is 5.89. The van der Waals surface area contributed by atoms with Crippen molar-refractivity contribution in [1.29, 1.82) is 0 Å². The summed E-state index contributed by atoms with van der Waals surface area (Å²) >= 11 is 5.67. The first-order chi connectivity index (χ1) is 8.00. The van der Waals surface area contributed by atoms with Crippen molar-refractivity contribution in [3.05, 3.63) is 17.0 Å². The molecule has 0 bridgehead atoms. The Balaban J connectivity index is 2.70. The van der Waals surface area contributed by atoms with Crippen LogP contribution in [-0.2, 0) is 10.0 Å². The summed E-state index contributed by atoms with van der Waals surface area (Å²) in [7, 11) is -1.97. The molecule has 0 saturated heterocycles. The highest BCUT2D eigenvalue weighted by atomic mass is 35.5. The second-order valence-electron chi connectivity index (χ2n) is 2.99. The number of anilines is 1. The van der Waals surface area contributed by atoms with E-state index in [1.54, 1.807) is 0 Å². The summed E-state index contributed by atoms with van der Waals surface area (Å²) < 4.78 is 24.4. The van der Waals surface area contributed by atoms with Crippen molar-refractivity contribution in [3.63, 3.8) is 0 Å². The zero-order chi connectivity index (χ0) is 12.9. The van der Waals surface area contributed by atoms with Gasteiger partial charge in [0.2, 0.25) is 10.0 Å². The van der Waals surface area contributed by atoms with Crippen LogP contribution in [-0.4, -0.2) is 44.0 Å². The van der Waals surface area contributed by atoms with Gasteiger partial charge in [-0.05, 0) is 7.05 Å². The van der Waals surface area contributed by atoms with Crippen LogP contribution in [0.3, 0.4) is 0 Å². The predicted molar refractivity (Wildman–Crippen MR) is 63.8 cm³/mol. The van der Waals surface area contributed by atoms with Gasteiger partial charge in [-0.3, -0.25) is 4.79 Å². The van der Waals surface area contributed by atoms with Crippen molar-refractivity contribution < 1.29 is 13.2 Å². The number of rotatable bonds is 6. The molecule has 0 fully saturated rings. The largest absolute Gasteiger partial charge is 0.368 e. The average molecular weight is 279 g/mol. The number of halogens is 1. The highest BCUT2D eigenvalue weighted by Crippen LogP contribution is 2.16. The van der Waals surface area contributed by atoms with Crippen LogP contribution in [0.5, 0.6) is 0 Å². The molecule has 0 unspecified atom stereocenters. The summed E-state index contributed by atoms with van der Waals surface area (Å²) in [6.45, 7) is 0.108. The molecule has 2 N–H and O–H groups in total. The van der Waals surface area contributed by atoms with Crippen LogP contribution in [0.25, 0.3) is 0 Å².